The summed E-state index contributed by atoms with van der Waals surface area (Å²) < 4.78 is 12.3. The Morgan fingerprint density at radius 1 is 1.05 bits per heavy atom. The molecule has 7 nitrogen and oxygen atoms in total. The maximum atomic E-state index is 12.8. The van der Waals surface area contributed by atoms with E-state index in [1.54, 1.807) is 43.3 Å². The molecular formula is C33H30BrN3O4S. The third-order valence-electron chi connectivity index (χ3n) is 6.76. The summed E-state index contributed by atoms with van der Waals surface area (Å²) in [7, 11) is 1.58. The first-order valence-corrected chi connectivity index (χ1v) is 15.2. The van der Waals surface area contributed by atoms with E-state index in [2.05, 4.69) is 26.5 Å². The molecule has 1 aliphatic heterocycles. The quantitative estimate of drug-likeness (QED) is 0.150. The number of rotatable bonds is 10. The highest BCUT2D eigenvalue weighted by Gasteiger charge is 2.32. The smallest absolute Gasteiger partial charge is 0.271 e. The zero-order valence-electron chi connectivity index (χ0n) is 23.2. The van der Waals surface area contributed by atoms with Gasteiger partial charge in [-0.25, -0.2) is 5.43 Å². The van der Waals surface area contributed by atoms with Crippen LogP contribution >= 0.6 is 27.7 Å². The summed E-state index contributed by atoms with van der Waals surface area (Å²) in [6.45, 7) is 3.00. The predicted molar refractivity (Wildman–Crippen MR) is 170 cm³/mol. The molecule has 4 aromatic rings. The van der Waals surface area contributed by atoms with Crippen molar-refractivity contribution in [1.29, 1.82) is 0 Å². The SMILES string of the molecule is COc1cc(/C=N\NC(=O)c2ccc([C@@H]3SCC(=O)N3Cc3ccccc3)cc2)cc(Br)c1OCc1ccc(C)cc1. The number of hydrazone groups is 1. The van der Waals surface area contributed by atoms with Crippen molar-refractivity contribution < 1.29 is 19.1 Å². The van der Waals surface area contributed by atoms with E-state index >= 15 is 0 Å². The molecule has 0 bridgehead atoms. The summed E-state index contributed by atoms with van der Waals surface area (Å²) in [5.41, 5.74) is 8.08. The molecule has 1 aliphatic rings. The lowest BCUT2D eigenvalue weighted by atomic mass is 10.1. The van der Waals surface area contributed by atoms with Crippen LogP contribution < -0.4 is 14.9 Å². The molecule has 0 radical (unpaired) electrons. The van der Waals surface area contributed by atoms with Crippen LogP contribution in [0.3, 0.4) is 0 Å². The fraction of sp³-hybridized carbons (Fsp3) is 0.182. The van der Waals surface area contributed by atoms with Crippen molar-refractivity contribution in [2.75, 3.05) is 12.9 Å². The lowest BCUT2D eigenvalue weighted by Gasteiger charge is -2.24. The van der Waals surface area contributed by atoms with E-state index in [-0.39, 0.29) is 17.2 Å². The van der Waals surface area contributed by atoms with Crippen LogP contribution in [-0.4, -0.2) is 35.8 Å². The molecule has 4 aromatic carbocycles. The van der Waals surface area contributed by atoms with Crippen molar-refractivity contribution in [3.63, 3.8) is 0 Å². The minimum atomic E-state index is -0.335. The van der Waals surface area contributed by atoms with Gasteiger partial charge in [0.1, 0.15) is 12.0 Å². The Labute approximate surface area is 258 Å². The zero-order chi connectivity index (χ0) is 29.5. The Kier molecular flexibility index (Phi) is 9.61. The number of hydrogen-bond acceptors (Lipinski definition) is 6. The first-order chi connectivity index (χ1) is 20.4. The van der Waals surface area contributed by atoms with Gasteiger partial charge in [-0.2, -0.15) is 5.10 Å². The van der Waals surface area contributed by atoms with Crippen molar-refractivity contribution in [1.82, 2.24) is 10.3 Å². The number of carbonyl (C=O) groups is 2. The number of ether oxygens (including phenoxy) is 2. The standard InChI is InChI=1S/C33H30BrN3O4S/c1-22-8-10-24(11-9-22)20-41-31-28(34)16-25(17-29(31)40-2)18-35-36-32(39)26-12-14-27(15-13-26)33-37(30(38)21-42-33)19-23-6-4-3-5-7-23/h3-18,33H,19-21H2,1-2H3,(H,36,39)/b35-18-/t33-/m0/s1. The predicted octanol–water partition coefficient (Wildman–Crippen LogP) is 6.88. The van der Waals surface area contributed by atoms with Gasteiger partial charge in [-0.3, -0.25) is 9.59 Å². The molecule has 5 rings (SSSR count). The maximum absolute atomic E-state index is 12.8. The Morgan fingerprint density at radius 2 is 1.79 bits per heavy atom. The Balaban J connectivity index is 1.20. The van der Waals surface area contributed by atoms with Crippen LogP contribution in [0.15, 0.2) is 101 Å². The van der Waals surface area contributed by atoms with Gasteiger partial charge in [0.15, 0.2) is 11.5 Å². The van der Waals surface area contributed by atoms with E-state index in [1.807, 2.05) is 84.6 Å². The summed E-state index contributed by atoms with van der Waals surface area (Å²) in [6.07, 6.45) is 1.55. The van der Waals surface area contributed by atoms with E-state index in [9.17, 15) is 9.59 Å². The number of thioether (sulfide) groups is 1. The molecule has 0 spiro atoms. The van der Waals surface area contributed by atoms with Crippen LogP contribution in [0.5, 0.6) is 11.5 Å². The Bertz CT molecular complexity index is 1580. The minimum absolute atomic E-state index is 0.0925. The molecule has 1 N–H and O–H groups in total. The largest absolute Gasteiger partial charge is 0.493 e. The van der Waals surface area contributed by atoms with E-state index in [0.717, 1.165) is 22.3 Å². The van der Waals surface area contributed by atoms with Gasteiger partial charge in [0, 0.05) is 12.1 Å². The second-order valence-corrected chi connectivity index (χ2v) is 11.7. The van der Waals surface area contributed by atoms with Gasteiger partial charge >= 0.3 is 0 Å². The lowest BCUT2D eigenvalue weighted by molar-refractivity contribution is -0.128. The van der Waals surface area contributed by atoms with Crippen molar-refractivity contribution in [2.45, 2.75) is 25.4 Å². The number of nitrogens with one attached hydrogen (secondary N) is 1. The number of benzene rings is 4. The van der Waals surface area contributed by atoms with Gasteiger partial charge in [0.2, 0.25) is 5.91 Å². The summed E-state index contributed by atoms with van der Waals surface area (Å²) in [4.78, 5) is 27.2. The molecule has 1 heterocycles. The molecular weight excluding hydrogens is 614 g/mol. The fourth-order valence-electron chi connectivity index (χ4n) is 4.50. The normalized spacial score (nSPS) is 14.8. The number of amides is 2. The van der Waals surface area contributed by atoms with Crippen LogP contribution in [0, 0.1) is 6.92 Å². The van der Waals surface area contributed by atoms with E-state index < -0.39 is 0 Å². The van der Waals surface area contributed by atoms with Crippen LogP contribution in [0.1, 0.15) is 43.5 Å². The van der Waals surface area contributed by atoms with Crippen LogP contribution in [0.2, 0.25) is 0 Å². The van der Waals surface area contributed by atoms with E-state index in [4.69, 9.17) is 9.47 Å². The molecule has 214 valence electrons. The van der Waals surface area contributed by atoms with E-state index in [0.29, 0.717) is 40.4 Å². The average Bonchev–Trinajstić information content (AvgIpc) is 3.37. The van der Waals surface area contributed by atoms with Crippen LogP contribution in [-0.2, 0) is 17.9 Å². The molecule has 0 saturated carbocycles. The second kappa shape index (κ2) is 13.7. The highest BCUT2D eigenvalue weighted by atomic mass is 79.9. The molecule has 1 saturated heterocycles. The monoisotopic (exact) mass is 643 g/mol. The molecule has 0 aliphatic carbocycles. The van der Waals surface area contributed by atoms with Gasteiger partial charge in [-0.1, -0.05) is 72.3 Å². The van der Waals surface area contributed by atoms with Gasteiger partial charge in [0.25, 0.3) is 5.91 Å². The second-order valence-electron chi connectivity index (χ2n) is 9.80. The van der Waals surface area contributed by atoms with E-state index in [1.165, 1.54) is 5.56 Å². The molecule has 1 fully saturated rings. The highest BCUT2D eigenvalue weighted by Crippen LogP contribution is 2.40. The fourth-order valence-corrected chi connectivity index (χ4v) is 6.27. The van der Waals surface area contributed by atoms with Crippen LogP contribution in [0.4, 0.5) is 0 Å². The Morgan fingerprint density at radius 3 is 2.50 bits per heavy atom. The number of aryl methyl sites for hydroxylation is 1. The van der Waals surface area contributed by atoms with Crippen molar-refractivity contribution in [2.24, 2.45) is 5.10 Å². The maximum Gasteiger partial charge on any atom is 0.271 e. The average molecular weight is 645 g/mol. The van der Waals surface area contributed by atoms with Gasteiger partial charge in [-0.15, -0.1) is 11.8 Å². The van der Waals surface area contributed by atoms with Gasteiger partial charge in [0.05, 0.1) is 23.5 Å². The topological polar surface area (TPSA) is 80.2 Å². The molecule has 42 heavy (non-hydrogen) atoms. The number of hydrogen-bond donors (Lipinski definition) is 1. The zero-order valence-corrected chi connectivity index (χ0v) is 25.7. The molecule has 2 amide bonds. The summed E-state index contributed by atoms with van der Waals surface area (Å²) in [5.74, 6) is 1.35. The minimum Gasteiger partial charge on any atom is -0.493 e. The van der Waals surface area contributed by atoms with Crippen molar-refractivity contribution in [3.8, 4) is 11.5 Å². The van der Waals surface area contributed by atoms with Crippen LogP contribution in [0.25, 0.3) is 0 Å². The molecule has 9 heteroatoms. The number of methoxy groups -OCH3 is 1. The van der Waals surface area contributed by atoms with Crippen molar-refractivity contribution >= 4 is 45.7 Å². The third-order valence-corrected chi connectivity index (χ3v) is 8.60. The molecule has 1 atom stereocenters. The number of carbonyl (C=O) groups excluding carboxylic acids is 2. The first kappa shape index (κ1) is 29.4. The summed E-state index contributed by atoms with van der Waals surface area (Å²) in [5, 5.41) is 4.04. The lowest BCUT2D eigenvalue weighted by Crippen LogP contribution is -2.27. The highest BCUT2D eigenvalue weighted by molar-refractivity contribution is 9.10. The summed E-state index contributed by atoms with van der Waals surface area (Å²) in [6, 6.07) is 29.0. The molecule has 0 aromatic heterocycles. The first-order valence-electron chi connectivity index (χ1n) is 13.4. The number of nitrogens with zero attached hydrogens (tertiary/aromatic N) is 2. The van der Waals surface area contributed by atoms with Gasteiger partial charge < -0.3 is 14.4 Å². The molecule has 0 unspecified atom stereocenters. The van der Waals surface area contributed by atoms with Crippen molar-refractivity contribution in [3.05, 3.63) is 129 Å². The summed E-state index contributed by atoms with van der Waals surface area (Å²) >= 11 is 5.16. The Hall–Kier alpha value is -4.08. The number of halogens is 1. The van der Waals surface area contributed by atoms with Gasteiger partial charge in [-0.05, 0) is 69.4 Å². The third kappa shape index (κ3) is 7.21.